The van der Waals surface area contributed by atoms with Crippen LogP contribution in [0.5, 0.6) is 5.75 Å². The second-order valence-corrected chi connectivity index (χ2v) is 4.56. The van der Waals surface area contributed by atoms with Gasteiger partial charge in [-0.3, -0.25) is 0 Å². The molecule has 1 aromatic heterocycles. The van der Waals surface area contributed by atoms with Gasteiger partial charge in [-0.2, -0.15) is 13.2 Å². The molecule has 1 N–H and O–H groups in total. The summed E-state index contributed by atoms with van der Waals surface area (Å²) in [5.74, 6) is 0.0896. The number of rotatable bonds is 1. The van der Waals surface area contributed by atoms with Gasteiger partial charge in [0.2, 0.25) is 0 Å². The first-order valence-electron chi connectivity index (χ1n) is 4.71. The van der Waals surface area contributed by atoms with Crippen LogP contribution in [0.1, 0.15) is 10.6 Å². The van der Waals surface area contributed by atoms with E-state index in [2.05, 4.69) is 4.98 Å². The van der Waals surface area contributed by atoms with Crippen molar-refractivity contribution in [2.75, 3.05) is 0 Å². The van der Waals surface area contributed by atoms with Crippen molar-refractivity contribution in [3.05, 3.63) is 35.0 Å². The number of thiazole rings is 1. The highest BCUT2D eigenvalue weighted by molar-refractivity contribution is 7.15. The van der Waals surface area contributed by atoms with Crippen molar-refractivity contribution in [1.29, 1.82) is 0 Å². The molecule has 90 valence electrons. The molecule has 0 spiro atoms. The molecule has 0 fully saturated rings. The monoisotopic (exact) mass is 259 g/mol. The van der Waals surface area contributed by atoms with Gasteiger partial charge >= 0.3 is 6.18 Å². The molecule has 6 heteroatoms. The number of benzene rings is 1. The summed E-state index contributed by atoms with van der Waals surface area (Å²) in [6.07, 6.45) is -3.21. The summed E-state index contributed by atoms with van der Waals surface area (Å²) in [5.41, 5.74) is 1.36. The van der Waals surface area contributed by atoms with Gasteiger partial charge in [-0.25, -0.2) is 4.98 Å². The number of hydrogen-bond donors (Lipinski definition) is 1. The Morgan fingerprint density at radius 3 is 2.53 bits per heavy atom. The second kappa shape index (κ2) is 4.03. The summed E-state index contributed by atoms with van der Waals surface area (Å²) < 4.78 is 37.2. The number of aromatic hydroxyl groups is 1. The van der Waals surface area contributed by atoms with Crippen molar-refractivity contribution in [3.63, 3.8) is 0 Å². The van der Waals surface area contributed by atoms with Gasteiger partial charge in [0, 0.05) is 6.20 Å². The highest BCUT2D eigenvalue weighted by Crippen LogP contribution is 2.37. The normalized spacial score (nSPS) is 11.8. The molecule has 1 heterocycles. The van der Waals surface area contributed by atoms with Crippen LogP contribution in [0.25, 0.3) is 10.4 Å². The lowest BCUT2D eigenvalue weighted by molar-refractivity contribution is -0.137. The van der Waals surface area contributed by atoms with Crippen LogP contribution in [0.2, 0.25) is 0 Å². The maximum atomic E-state index is 12.4. The Labute approximate surface area is 99.4 Å². The summed E-state index contributed by atoms with van der Waals surface area (Å²) in [5, 5.41) is 8.37. The molecule has 17 heavy (non-hydrogen) atoms. The fourth-order valence-corrected chi connectivity index (χ4v) is 2.33. The quantitative estimate of drug-likeness (QED) is 0.844. The van der Waals surface area contributed by atoms with E-state index in [0.717, 1.165) is 0 Å². The van der Waals surface area contributed by atoms with Crippen LogP contribution >= 0.6 is 11.3 Å². The van der Waals surface area contributed by atoms with Crippen LogP contribution in [0.15, 0.2) is 24.4 Å². The predicted molar refractivity (Wildman–Crippen MR) is 59.0 cm³/mol. The van der Waals surface area contributed by atoms with E-state index in [-0.39, 0.29) is 5.75 Å². The van der Waals surface area contributed by atoms with Crippen LogP contribution in [0.3, 0.4) is 0 Å². The van der Waals surface area contributed by atoms with Gasteiger partial charge in [0.05, 0.1) is 4.88 Å². The fraction of sp³-hybridized carbons (Fsp3) is 0.182. The Morgan fingerprint density at radius 2 is 2.00 bits per heavy atom. The van der Waals surface area contributed by atoms with Crippen LogP contribution in [-0.4, -0.2) is 10.1 Å². The molecular weight excluding hydrogens is 251 g/mol. The lowest BCUT2D eigenvalue weighted by Crippen LogP contribution is -2.02. The zero-order valence-corrected chi connectivity index (χ0v) is 9.56. The van der Waals surface area contributed by atoms with E-state index in [1.54, 1.807) is 13.0 Å². The molecule has 0 saturated carbocycles. The third-order valence-corrected chi connectivity index (χ3v) is 3.30. The number of aryl methyl sites for hydroxylation is 1. The van der Waals surface area contributed by atoms with Crippen LogP contribution in [-0.2, 0) is 6.18 Å². The van der Waals surface area contributed by atoms with Crippen molar-refractivity contribution < 1.29 is 18.3 Å². The lowest BCUT2D eigenvalue weighted by atomic mass is 10.1. The molecule has 0 aliphatic carbocycles. The number of alkyl halides is 3. The number of nitrogens with zero attached hydrogens (tertiary/aromatic N) is 1. The molecule has 0 atom stereocenters. The standard InChI is InChI=1S/C11H8F3NOS/c1-6-4-7(16)2-3-8(6)9-5-15-10(17-9)11(12,13)14/h2-5,16H,1H3. The van der Waals surface area contributed by atoms with Gasteiger partial charge in [0.25, 0.3) is 0 Å². The molecule has 0 unspecified atom stereocenters. The fourth-order valence-electron chi connectivity index (χ4n) is 1.45. The van der Waals surface area contributed by atoms with Crippen LogP contribution in [0, 0.1) is 6.92 Å². The van der Waals surface area contributed by atoms with E-state index >= 15 is 0 Å². The van der Waals surface area contributed by atoms with E-state index in [0.29, 0.717) is 27.3 Å². The topological polar surface area (TPSA) is 33.1 Å². The first kappa shape index (κ1) is 11.9. The smallest absolute Gasteiger partial charge is 0.443 e. The molecule has 0 aliphatic rings. The Kier molecular flexibility index (Phi) is 2.82. The van der Waals surface area contributed by atoms with E-state index < -0.39 is 11.2 Å². The van der Waals surface area contributed by atoms with Crippen molar-refractivity contribution >= 4 is 11.3 Å². The molecule has 2 nitrogen and oxygen atoms in total. The molecule has 0 aliphatic heterocycles. The van der Waals surface area contributed by atoms with Crippen molar-refractivity contribution in [2.24, 2.45) is 0 Å². The molecular formula is C11H8F3NOS. The molecule has 0 saturated heterocycles. The largest absolute Gasteiger partial charge is 0.508 e. The summed E-state index contributed by atoms with van der Waals surface area (Å²) in [4.78, 5) is 3.80. The van der Waals surface area contributed by atoms with E-state index in [4.69, 9.17) is 0 Å². The number of aromatic nitrogens is 1. The van der Waals surface area contributed by atoms with E-state index in [1.165, 1.54) is 18.3 Å². The zero-order valence-electron chi connectivity index (χ0n) is 8.75. The highest BCUT2D eigenvalue weighted by atomic mass is 32.1. The maximum Gasteiger partial charge on any atom is 0.443 e. The molecule has 0 bridgehead atoms. The van der Waals surface area contributed by atoms with Gasteiger partial charge in [-0.15, -0.1) is 11.3 Å². The average molecular weight is 259 g/mol. The van der Waals surface area contributed by atoms with Crippen molar-refractivity contribution in [2.45, 2.75) is 13.1 Å². The van der Waals surface area contributed by atoms with Gasteiger partial charge in [0.1, 0.15) is 5.75 Å². The molecule has 0 amide bonds. The maximum absolute atomic E-state index is 12.4. The summed E-state index contributed by atoms with van der Waals surface area (Å²) in [6.45, 7) is 1.72. The SMILES string of the molecule is Cc1cc(O)ccc1-c1cnc(C(F)(F)F)s1. The van der Waals surface area contributed by atoms with Gasteiger partial charge in [-0.05, 0) is 36.2 Å². The number of hydrogen-bond acceptors (Lipinski definition) is 3. The lowest BCUT2D eigenvalue weighted by Gasteiger charge is -2.03. The van der Waals surface area contributed by atoms with E-state index in [1.807, 2.05) is 0 Å². The molecule has 0 radical (unpaired) electrons. The minimum Gasteiger partial charge on any atom is -0.508 e. The molecule has 1 aromatic carbocycles. The summed E-state index contributed by atoms with van der Waals surface area (Å²) in [6, 6.07) is 4.52. The third-order valence-electron chi connectivity index (χ3n) is 2.22. The van der Waals surface area contributed by atoms with Crippen LogP contribution in [0.4, 0.5) is 13.2 Å². The average Bonchev–Trinajstić information content (AvgIpc) is 2.65. The predicted octanol–water partition coefficient (Wildman–Crippen LogP) is 3.84. The first-order valence-corrected chi connectivity index (χ1v) is 5.52. The number of phenols is 1. The third kappa shape index (κ3) is 2.41. The van der Waals surface area contributed by atoms with Gasteiger partial charge < -0.3 is 5.11 Å². The summed E-state index contributed by atoms with van der Waals surface area (Å²) in [7, 11) is 0. The van der Waals surface area contributed by atoms with Gasteiger partial charge in [-0.1, -0.05) is 0 Å². The molecule has 2 rings (SSSR count). The van der Waals surface area contributed by atoms with Crippen molar-refractivity contribution in [1.82, 2.24) is 4.98 Å². The Morgan fingerprint density at radius 1 is 1.29 bits per heavy atom. The molecule has 2 aromatic rings. The minimum atomic E-state index is -4.41. The number of halogens is 3. The number of phenolic OH excluding ortho intramolecular Hbond substituents is 1. The zero-order chi connectivity index (χ0) is 12.6. The Hall–Kier alpha value is -1.56. The van der Waals surface area contributed by atoms with Crippen LogP contribution < -0.4 is 0 Å². The Bertz CT molecular complexity index is 548. The second-order valence-electron chi connectivity index (χ2n) is 3.53. The van der Waals surface area contributed by atoms with Crippen molar-refractivity contribution in [3.8, 4) is 16.2 Å². The minimum absolute atomic E-state index is 0.0896. The highest BCUT2D eigenvalue weighted by Gasteiger charge is 2.34. The first-order chi connectivity index (χ1) is 7.88. The van der Waals surface area contributed by atoms with E-state index in [9.17, 15) is 18.3 Å². The van der Waals surface area contributed by atoms with Gasteiger partial charge in [0.15, 0.2) is 5.01 Å². The summed E-state index contributed by atoms with van der Waals surface area (Å²) >= 11 is 0.595. The Balaban J connectivity index is 2.44.